The van der Waals surface area contributed by atoms with E-state index in [0.29, 0.717) is 0 Å². The van der Waals surface area contributed by atoms with Crippen LogP contribution in [0.4, 0.5) is 0 Å². The number of rotatable bonds is 0. The molecule has 0 aliphatic heterocycles. The molecule has 3 heteroatoms. The zero-order valence-electron chi connectivity index (χ0n) is 7.00. The van der Waals surface area contributed by atoms with Crippen LogP contribution in [0.5, 0.6) is 0 Å². The molecular formula is C9H9NS2. The van der Waals surface area contributed by atoms with Crippen LogP contribution < -0.4 is 0 Å². The van der Waals surface area contributed by atoms with Crippen molar-refractivity contribution in [3.8, 4) is 0 Å². The molecule has 0 saturated heterocycles. The van der Waals surface area contributed by atoms with Gasteiger partial charge in [-0.15, -0.1) is 11.3 Å². The summed E-state index contributed by atoms with van der Waals surface area (Å²) in [4.78, 5) is 0. The zero-order chi connectivity index (χ0) is 8.72. The molecule has 0 saturated carbocycles. The van der Waals surface area contributed by atoms with Crippen molar-refractivity contribution in [3.63, 3.8) is 0 Å². The predicted octanol–water partition coefficient (Wildman–Crippen LogP) is 3.28. The number of hydrogen-bond acceptors (Lipinski definition) is 2. The van der Waals surface area contributed by atoms with Crippen LogP contribution in [0, 0.1) is 10.9 Å². The van der Waals surface area contributed by atoms with Gasteiger partial charge in [0.05, 0.1) is 10.2 Å². The largest absolute Gasteiger partial charge is 0.326 e. The molecule has 0 amide bonds. The highest BCUT2D eigenvalue weighted by Gasteiger charge is 2.02. The molecule has 0 N–H and O–H groups in total. The Kier molecular flexibility index (Phi) is 1.77. The minimum Gasteiger partial charge on any atom is -0.326 e. The lowest BCUT2D eigenvalue weighted by atomic mass is 10.2. The Morgan fingerprint density at radius 2 is 2.17 bits per heavy atom. The van der Waals surface area contributed by atoms with E-state index >= 15 is 0 Å². The molecule has 0 spiro atoms. The minimum absolute atomic E-state index is 0.944. The third kappa shape index (κ3) is 1.01. The third-order valence-corrected chi connectivity index (χ3v) is 3.72. The molecule has 0 fully saturated rings. The van der Waals surface area contributed by atoms with E-state index in [1.54, 1.807) is 11.3 Å². The van der Waals surface area contributed by atoms with Crippen LogP contribution in [0.15, 0.2) is 18.2 Å². The monoisotopic (exact) mass is 195 g/mol. The van der Waals surface area contributed by atoms with Gasteiger partial charge in [0.2, 0.25) is 0 Å². The maximum Gasteiger partial charge on any atom is 0.161 e. The van der Waals surface area contributed by atoms with Crippen molar-refractivity contribution in [3.05, 3.63) is 27.7 Å². The van der Waals surface area contributed by atoms with E-state index in [9.17, 15) is 0 Å². The molecule has 2 rings (SSSR count). The van der Waals surface area contributed by atoms with Crippen LogP contribution in [0.25, 0.3) is 10.2 Å². The van der Waals surface area contributed by atoms with Crippen LogP contribution in [-0.2, 0) is 7.05 Å². The van der Waals surface area contributed by atoms with Gasteiger partial charge in [-0.25, -0.2) is 0 Å². The SMILES string of the molecule is Cc1cccc2c1sc(=S)n2C. The van der Waals surface area contributed by atoms with E-state index in [1.165, 1.54) is 15.8 Å². The summed E-state index contributed by atoms with van der Waals surface area (Å²) < 4.78 is 4.31. The van der Waals surface area contributed by atoms with Crippen molar-refractivity contribution >= 4 is 33.8 Å². The number of thiazole rings is 1. The molecule has 0 aliphatic carbocycles. The Balaban J connectivity index is 3.05. The summed E-state index contributed by atoms with van der Waals surface area (Å²) in [7, 11) is 2.01. The fourth-order valence-corrected chi connectivity index (χ4v) is 2.58. The first-order valence-electron chi connectivity index (χ1n) is 3.75. The van der Waals surface area contributed by atoms with E-state index in [1.807, 2.05) is 7.05 Å². The van der Waals surface area contributed by atoms with Crippen molar-refractivity contribution < 1.29 is 0 Å². The van der Waals surface area contributed by atoms with Gasteiger partial charge in [-0.2, -0.15) is 0 Å². The lowest BCUT2D eigenvalue weighted by Crippen LogP contribution is -1.85. The first kappa shape index (κ1) is 7.95. The number of aryl methyl sites for hydroxylation is 2. The number of hydrogen-bond donors (Lipinski definition) is 0. The quantitative estimate of drug-likeness (QED) is 0.584. The second-order valence-electron chi connectivity index (χ2n) is 2.85. The molecule has 1 heterocycles. The van der Waals surface area contributed by atoms with Crippen molar-refractivity contribution in [2.24, 2.45) is 7.05 Å². The van der Waals surface area contributed by atoms with Crippen molar-refractivity contribution in [1.29, 1.82) is 0 Å². The van der Waals surface area contributed by atoms with Crippen LogP contribution in [0.3, 0.4) is 0 Å². The second kappa shape index (κ2) is 2.68. The zero-order valence-corrected chi connectivity index (χ0v) is 8.63. The number of aromatic nitrogens is 1. The van der Waals surface area contributed by atoms with E-state index in [-0.39, 0.29) is 0 Å². The molecule has 0 bridgehead atoms. The standard InChI is InChI=1S/C9H9NS2/c1-6-4-3-5-7-8(6)12-9(11)10(7)2/h3-5H,1-2H3. The minimum atomic E-state index is 0.944. The first-order chi connectivity index (χ1) is 5.70. The summed E-state index contributed by atoms with van der Waals surface area (Å²) in [5.41, 5.74) is 2.55. The summed E-state index contributed by atoms with van der Waals surface area (Å²) in [6.07, 6.45) is 0. The summed E-state index contributed by atoms with van der Waals surface area (Å²) in [5, 5.41) is 0. The summed E-state index contributed by atoms with van der Waals surface area (Å²) in [6, 6.07) is 6.29. The highest BCUT2D eigenvalue weighted by molar-refractivity contribution is 7.73. The predicted molar refractivity (Wildman–Crippen MR) is 56.4 cm³/mol. The van der Waals surface area contributed by atoms with Crippen LogP contribution in [0.1, 0.15) is 5.56 Å². The second-order valence-corrected chi connectivity index (χ2v) is 4.49. The average molecular weight is 195 g/mol. The topological polar surface area (TPSA) is 4.93 Å². The average Bonchev–Trinajstić information content (AvgIpc) is 2.32. The fourth-order valence-electron chi connectivity index (χ4n) is 1.29. The molecule has 0 radical (unpaired) electrons. The van der Waals surface area contributed by atoms with Gasteiger partial charge in [-0.3, -0.25) is 0 Å². The van der Waals surface area contributed by atoms with Gasteiger partial charge in [0.25, 0.3) is 0 Å². The summed E-state index contributed by atoms with van der Waals surface area (Å²) >= 11 is 6.88. The van der Waals surface area contributed by atoms with Gasteiger partial charge in [0.1, 0.15) is 0 Å². The molecule has 0 atom stereocenters. The number of nitrogens with zero attached hydrogens (tertiary/aromatic N) is 1. The van der Waals surface area contributed by atoms with Gasteiger partial charge in [0, 0.05) is 7.05 Å². The Labute approximate surface area is 80.3 Å². The Bertz CT molecular complexity index is 479. The van der Waals surface area contributed by atoms with E-state index in [0.717, 1.165) is 3.95 Å². The normalized spacial score (nSPS) is 10.8. The summed E-state index contributed by atoms with van der Waals surface area (Å²) in [5.74, 6) is 0. The molecular weight excluding hydrogens is 186 g/mol. The van der Waals surface area contributed by atoms with Crippen molar-refractivity contribution in [2.75, 3.05) is 0 Å². The van der Waals surface area contributed by atoms with Crippen molar-refractivity contribution in [1.82, 2.24) is 4.57 Å². The summed E-state index contributed by atoms with van der Waals surface area (Å²) in [6.45, 7) is 2.12. The van der Waals surface area contributed by atoms with Crippen LogP contribution in [-0.4, -0.2) is 4.57 Å². The van der Waals surface area contributed by atoms with Gasteiger partial charge in [-0.1, -0.05) is 12.1 Å². The lowest BCUT2D eigenvalue weighted by Gasteiger charge is -1.95. The van der Waals surface area contributed by atoms with Gasteiger partial charge in [-0.05, 0) is 30.8 Å². The van der Waals surface area contributed by atoms with Gasteiger partial charge >= 0.3 is 0 Å². The molecule has 12 heavy (non-hydrogen) atoms. The first-order valence-corrected chi connectivity index (χ1v) is 4.98. The molecule has 0 unspecified atom stereocenters. The maximum absolute atomic E-state index is 5.20. The van der Waals surface area contributed by atoms with E-state index < -0.39 is 0 Å². The maximum atomic E-state index is 5.20. The van der Waals surface area contributed by atoms with Crippen molar-refractivity contribution in [2.45, 2.75) is 6.92 Å². The fraction of sp³-hybridized carbons (Fsp3) is 0.222. The third-order valence-electron chi connectivity index (χ3n) is 2.02. The van der Waals surface area contributed by atoms with Crippen LogP contribution >= 0.6 is 23.6 Å². The molecule has 0 aliphatic rings. The van der Waals surface area contributed by atoms with Gasteiger partial charge < -0.3 is 4.57 Å². The smallest absolute Gasteiger partial charge is 0.161 e. The van der Waals surface area contributed by atoms with E-state index in [2.05, 4.69) is 29.7 Å². The highest BCUT2D eigenvalue weighted by Crippen LogP contribution is 2.24. The Morgan fingerprint density at radius 1 is 1.42 bits per heavy atom. The number of benzene rings is 1. The molecule has 1 nitrogen and oxygen atoms in total. The van der Waals surface area contributed by atoms with Crippen LogP contribution in [0.2, 0.25) is 0 Å². The Morgan fingerprint density at radius 3 is 2.83 bits per heavy atom. The Hall–Kier alpha value is -0.670. The highest BCUT2D eigenvalue weighted by atomic mass is 32.1. The molecule has 2 aromatic rings. The van der Waals surface area contributed by atoms with Gasteiger partial charge in [0.15, 0.2) is 3.95 Å². The molecule has 1 aromatic carbocycles. The lowest BCUT2D eigenvalue weighted by molar-refractivity contribution is 0.963. The van der Waals surface area contributed by atoms with E-state index in [4.69, 9.17) is 12.2 Å². The number of fused-ring (bicyclic) bond motifs is 1. The molecule has 1 aromatic heterocycles. The molecule has 62 valence electrons.